The summed E-state index contributed by atoms with van der Waals surface area (Å²) in [6.45, 7) is 6.31. The monoisotopic (exact) mass is 439 g/mol. The normalized spacial score (nSPS) is 19.9. The Morgan fingerprint density at radius 1 is 1.14 bits per heavy atom. The summed E-state index contributed by atoms with van der Waals surface area (Å²) in [6, 6.07) is 10.9. The zero-order valence-electron chi connectivity index (χ0n) is 17.2. The summed E-state index contributed by atoms with van der Waals surface area (Å²) >= 11 is 1.81. The zero-order valence-corrected chi connectivity index (χ0v) is 18.8. The van der Waals surface area contributed by atoms with Crippen LogP contribution < -0.4 is 15.5 Å². The van der Waals surface area contributed by atoms with Crippen molar-refractivity contribution in [3.05, 3.63) is 30.3 Å². The molecule has 2 heterocycles. The Hall–Kier alpha value is -1.45. The predicted molar refractivity (Wildman–Crippen MR) is 123 cm³/mol. The molecule has 2 N–H and O–H groups in total. The van der Waals surface area contributed by atoms with Gasteiger partial charge in [0.2, 0.25) is 10.0 Å². The predicted octanol–water partition coefficient (Wildman–Crippen LogP) is 1.59. The van der Waals surface area contributed by atoms with E-state index in [-0.39, 0.29) is 12.3 Å². The summed E-state index contributed by atoms with van der Waals surface area (Å²) in [6.07, 6.45) is 2.06. The number of nitrogens with one attached hydrogen (secondary N) is 2. The van der Waals surface area contributed by atoms with E-state index < -0.39 is 10.0 Å². The van der Waals surface area contributed by atoms with Crippen LogP contribution in [-0.4, -0.2) is 81.3 Å². The molecule has 7 nitrogen and oxygen atoms in total. The maximum absolute atomic E-state index is 12.5. The van der Waals surface area contributed by atoms with E-state index in [1.54, 1.807) is 4.31 Å². The molecule has 162 valence electrons. The minimum absolute atomic E-state index is 0.0701. The molecule has 1 aromatic carbocycles. The summed E-state index contributed by atoms with van der Waals surface area (Å²) in [5, 5.41) is 6.75. The lowest BCUT2D eigenvalue weighted by molar-refractivity contribution is 0.443. The molecule has 0 saturated carbocycles. The molecule has 0 atom stereocenters. The van der Waals surface area contributed by atoms with Crippen LogP contribution in [0.15, 0.2) is 35.3 Å². The van der Waals surface area contributed by atoms with Gasteiger partial charge in [-0.3, -0.25) is 4.99 Å². The fourth-order valence-corrected chi connectivity index (χ4v) is 6.11. The van der Waals surface area contributed by atoms with Crippen molar-refractivity contribution in [3.63, 3.8) is 0 Å². The number of hydrogen-bond donors (Lipinski definition) is 2. The fourth-order valence-electron chi connectivity index (χ4n) is 3.66. The van der Waals surface area contributed by atoms with Crippen LogP contribution in [0, 0.1) is 0 Å². The number of aliphatic imine (C=N–C) groups is 1. The van der Waals surface area contributed by atoms with Gasteiger partial charge < -0.3 is 15.5 Å². The third-order valence-corrected chi connectivity index (χ3v) is 8.08. The summed E-state index contributed by atoms with van der Waals surface area (Å²) in [5.41, 5.74) is 1.27. The van der Waals surface area contributed by atoms with Crippen molar-refractivity contribution in [1.29, 1.82) is 0 Å². The molecule has 29 heavy (non-hydrogen) atoms. The zero-order chi connectivity index (χ0) is 20.5. The highest BCUT2D eigenvalue weighted by molar-refractivity contribution is 7.99. The fraction of sp³-hybridized carbons (Fsp3) is 0.650. The number of thioether (sulfide) groups is 1. The second kappa shape index (κ2) is 11.1. The van der Waals surface area contributed by atoms with Crippen LogP contribution in [-0.2, 0) is 10.0 Å². The third-order valence-electron chi connectivity index (χ3n) is 5.28. The molecule has 2 fully saturated rings. The molecule has 0 radical (unpaired) electrons. The standard InChI is InChI=1S/C20H33N5O2S2/c1-2-21-20(22-10-17-29(26,27)25-13-15-28-16-14-25)23-18-8-11-24(12-9-18)19-6-4-3-5-7-19/h3-7,18H,2,8-17H2,1H3,(H2,21,22,23). The molecule has 0 spiro atoms. The van der Waals surface area contributed by atoms with Crippen LogP contribution in [0.2, 0.25) is 0 Å². The smallest absolute Gasteiger partial charge is 0.215 e. The van der Waals surface area contributed by atoms with Crippen LogP contribution in [0.4, 0.5) is 5.69 Å². The van der Waals surface area contributed by atoms with E-state index in [1.807, 2.05) is 24.8 Å². The highest BCUT2D eigenvalue weighted by Gasteiger charge is 2.24. The minimum Gasteiger partial charge on any atom is -0.371 e. The molecular weight excluding hydrogens is 406 g/mol. The van der Waals surface area contributed by atoms with Gasteiger partial charge in [-0.1, -0.05) is 18.2 Å². The Bertz CT molecular complexity index is 743. The summed E-state index contributed by atoms with van der Waals surface area (Å²) in [7, 11) is -3.21. The number of para-hydroxylation sites is 1. The number of rotatable bonds is 7. The second-order valence-corrected chi connectivity index (χ2v) is 10.6. The molecule has 9 heteroatoms. The number of guanidine groups is 1. The largest absolute Gasteiger partial charge is 0.371 e. The van der Waals surface area contributed by atoms with Crippen molar-refractivity contribution in [1.82, 2.24) is 14.9 Å². The van der Waals surface area contributed by atoms with Crippen LogP contribution in [0.5, 0.6) is 0 Å². The van der Waals surface area contributed by atoms with Gasteiger partial charge in [-0.2, -0.15) is 11.8 Å². The molecule has 0 amide bonds. The van der Waals surface area contributed by atoms with Gasteiger partial charge in [-0.05, 0) is 31.9 Å². The molecule has 0 aromatic heterocycles. The maximum atomic E-state index is 12.5. The number of nitrogens with zero attached hydrogens (tertiary/aromatic N) is 3. The van der Waals surface area contributed by atoms with Gasteiger partial charge >= 0.3 is 0 Å². The van der Waals surface area contributed by atoms with E-state index in [2.05, 4.69) is 44.8 Å². The Balaban J connectivity index is 1.48. The van der Waals surface area contributed by atoms with Gasteiger partial charge in [0.25, 0.3) is 0 Å². The second-order valence-electron chi connectivity index (χ2n) is 7.33. The number of benzene rings is 1. The average Bonchev–Trinajstić information content (AvgIpc) is 2.75. The van der Waals surface area contributed by atoms with Crippen molar-refractivity contribution in [3.8, 4) is 0 Å². The third kappa shape index (κ3) is 6.79. The van der Waals surface area contributed by atoms with Crippen molar-refractivity contribution in [2.75, 3.05) is 61.4 Å². The summed E-state index contributed by atoms with van der Waals surface area (Å²) in [4.78, 5) is 6.94. The molecule has 2 aliphatic rings. The lowest BCUT2D eigenvalue weighted by Gasteiger charge is -2.34. The van der Waals surface area contributed by atoms with Crippen molar-refractivity contribution in [2.45, 2.75) is 25.8 Å². The minimum atomic E-state index is -3.21. The van der Waals surface area contributed by atoms with Crippen LogP contribution >= 0.6 is 11.8 Å². The summed E-state index contributed by atoms with van der Waals surface area (Å²) < 4.78 is 26.6. The first-order valence-electron chi connectivity index (χ1n) is 10.5. The van der Waals surface area contributed by atoms with E-state index in [0.717, 1.165) is 49.9 Å². The van der Waals surface area contributed by atoms with Gasteiger partial charge in [0.05, 0.1) is 12.3 Å². The lowest BCUT2D eigenvalue weighted by atomic mass is 10.0. The maximum Gasteiger partial charge on any atom is 0.215 e. The molecular formula is C20H33N5O2S2. The number of anilines is 1. The number of piperidine rings is 1. The summed E-state index contributed by atoms with van der Waals surface area (Å²) in [5.74, 6) is 2.55. The van der Waals surface area contributed by atoms with Gasteiger partial charge in [-0.25, -0.2) is 12.7 Å². The SMILES string of the molecule is CCNC(=NCCS(=O)(=O)N1CCSCC1)NC1CCN(c2ccccc2)CC1. The molecule has 1 aromatic rings. The Labute approximate surface area is 179 Å². The molecule has 3 rings (SSSR count). The van der Waals surface area contributed by atoms with E-state index in [9.17, 15) is 8.42 Å². The molecule has 2 aliphatic heterocycles. The number of hydrogen-bond acceptors (Lipinski definition) is 5. The van der Waals surface area contributed by atoms with E-state index in [4.69, 9.17) is 0 Å². The lowest BCUT2D eigenvalue weighted by Crippen LogP contribution is -2.49. The quantitative estimate of drug-likeness (QED) is 0.496. The average molecular weight is 440 g/mol. The topological polar surface area (TPSA) is 77.0 Å². The van der Waals surface area contributed by atoms with Crippen LogP contribution in [0.3, 0.4) is 0 Å². The van der Waals surface area contributed by atoms with Crippen molar-refractivity contribution in [2.24, 2.45) is 4.99 Å². The Morgan fingerprint density at radius 2 is 1.83 bits per heavy atom. The number of sulfonamides is 1. The Kier molecular flexibility index (Phi) is 8.50. The van der Waals surface area contributed by atoms with E-state index in [1.165, 1.54) is 5.69 Å². The van der Waals surface area contributed by atoms with Gasteiger partial charge in [-0.15, -0.1) is 0 Å². The first-order valence-corrected chi connectivity index (χ1v) is 13.3. The highest BCUT2D eigenvalue weighted by atomic mass is 32.2. The molecule has 0 aliphatic carbocycles. The molecule has 0 unspecified atom stereocenters. The highest BCUT2D eigenvalue weighted by Crippen LogP contribution is 2.19. The molecule has 2 saturated heterocycles. The van der Waals surface area contributed by atoms with Gasteiger partial charge in [0, 0.05) is 56.0 Å². The Morgan fingerprint density at radius 3 is 2.48 bits per heavy atom. The van der Waals surface area contributed by atoms with Crippen LogP contribution in [0.25, 0.3) is 0 Å². The van der Waals surface area contributed by atoms with Crippen molar-refractivity contribution >= 4 is 33.4 Å². The van der Waals surface area contributed by atoms with E-state index >= 15 is 0 Å². The van der Waals surface area contributed by atoms with Crippen molar-refractivity contribution < 1.29 is 8.42 Å². The van der Waals surface area contributed by atoms with Gasteiger partial charge in [0.15, 0.2) is 5.96 Å². The molecule has 0 bridgehead atoms. The van der Waals surface area contributed by atoms with Gasteiger partial charge in [0.1, 0.15) is 0 Å². The first-order chi connectivity index (χ1) is 14.1. The van der Waals surface area contributed by atoms with Crippen LogP contribution in [0.1, 0.15) is 19.8 Å². The first kappa shape index (κ1) is 22.2. The van der Waals surface area contributed by atoms with E-state index in [0.29, 0.717) is 19.1 Å².